The number of anilines is 1. The Labute approximate surface area is 160 Å². The molecule has 1 aliphatic heterocycles. The first kappa shape index (κ1) is 19.1. The number of nitrogens with one attached hydrogen (secondary N) is 1. The van der Waals surface area contributed by atoms with Crippen molar-refractivity contribution in [2.24, 2.45) is 0 Å². The zero-order chi connectivity index (χ0) is 19.4. The summed E-state index contributed by atoms with van der Waals surface area (Å²) in [6, 6.07) is 9.76. The summed E-state index contributed by atoms with van der Waals surface area (Å²) in [4.78, 5) is 38.4. The standard InChI is InChI=1S/C19H20N2O5S/c1-26-15-9-14(10-17(22)23)21(11-15)19(25)12-4-2-5-13(8-12)20-18(24)16-6-3-7-27-16/h2-8,14-15H,9-11H2,1H3,(H,20,24)(H,22,23). The number of methoxy groups -OCH3 is 1. The zero-order valence-corrected chi connectivity index (χ0v) is 15.6. The Kier molecular flexibility index (Phi) is 5.88. The summed E-state index contributed by atoms with van der Waals surface area (Å²) in [5.74, 6) is -1.46. The van der Waals surface area contributed by atoms with Gasteiger partial charge in [-0.15, -0.1) is 11.3 Å². The van der Waals surface area contributed by atoms with Gasteiger partial charge in [0.15, 0.2) is 0 Å². The maximum atomic E-state index is 12.9. The van der Waals surface area contributed by atoms with Gasteiger partial charge in [0.1, 0.15) is 0 Å². The van der Waals surface area contributed by atoms with E-state index in [-0.39, 0.29) is 24.3 Å². The van der Waals surface area contributed by atoms with Crippen LogP contribution in [0.3, 0.4) is 0 Å². The second kappa shape index (κ2) is 8.32. The fourth-order valence-electron chi connectivity index (χ4n) is 3.18. The topological polar surface area (TPSA) is 95.9 Å². The van der Waals surface area contributed by atoms with E-state index >= 15 is 0 Å². The first-order valence-electron chi connectivity index (χ1n) is 8.48. The number of carbonyl (C=O) groups excluding carboxylic acids is 2. The van der Waals surface area contributed by atoms with Crippen molar-refractivity contribution in [1.29, 1.82) is 0 Å². The fourth-order valence-corrected chi connectivity index (χ4v) is 3.80. The highest BCUT2D eigenvalue weighted by atomic mass is 32.1. The first-order valence-corrected chi connectivity index (χ1v) is 9.36. The molecule has 8 heteroatoms. The van der Waals surface area contributed by atoms with E-state index in [1.807, 2.05) is 5.38 Å². The van der Waals surface area contributed by atoms with Crippen LogP contribution in [0, 0.1) is 0 Å². The van der Waals surface area contributed by atoms with Crippen molar-refractivity contribution in [3.63, 3.8) is 0 Å². The number of aliphatic carboxylic acids is 1. The van der Waals surface area contributed by atoms with Crippen LogP contribution in [-0.4, -0.2) is 53.6 Å². The summed E-state index contributed by atoms with van der Waals surface area (Å²) >= 11 is 1.33. The van der Waals surface area contributed by atoms with Gasteiger partial charge in [0.25, 0.3) is 11.8 Å². The molecular weight excluding hydrogens is 368 g/mol. The van der Waals surface area contributed by atoms with Crippen LogP contribution in [0.15, 0.2) is 41.8 Å². The van der Waals surface area contributed by atoms with Gasteiger partial charge >= 0.3 is 5.97 Å². The van der Waals surface area contributed by atoms with E-state index in [0.29, 0.717) is 29.1 Å². The van der Waals surface area contributed by atoms with Crippen LogP contribution in [0.25, 0.3) is 0 Å². The van der Waals surface area contributed by atoms with Crippen LogP contribution in [-0.2, 0) is 9.53 Å². The number of hydrogen-bond donors (Lipinski definition) is 2. The largest absolute Gasteiger partial charge is 0.481 e. The van der Waals surface area contributed by atoms with Crippen molar-refractivity contribution in [2.45, 2.75) is 25.0 Å². The lowest BCUT2D eigenvalue weighted by Crippen LogP contribution is -2.37. The van der Waals surface area contributed by atoms with Crippen LogP contribution < -0.4 is 5.32 Å². The van der Waals surface area contributed by atoms with Gasteiger partial charge in [-0.05, 0) is 36.1 Å². The maximum absolute atomic E-state index is 12.9. The molecule has 2 atom stereocenters. The number of benzene rings is 1. The van der Waals surface area contributed by atoms with Crippen LogP contribution in [0.2, 0.25) is 0 Å². The molecule has 0 bridgehead atoms. The predicted molar refractivity (Wildman–Crippen MR) is 101 cm³/mol. The van der Waals surface area contributed by atoms with Gasteiger partial charge < -0.3 is 20.1 Å². The number of hydrogen-bond acceptors (Lipinski definition) is 5. The number of carboxylic acid groups (broad SMARTS) is 1. The van der Waals surface area contributed by atoms with E-state index in [1.54, 1.807) is 48.4 Å². The Morgan fingerprint density at radius 2 is 2.11 bits per heavy atom. The number of carboxylic acids is 1. The Morgan fingerprint density at radius 3 is 2.78 bits per heavy atom. The van der Waals surface area contributed by atoms with Gasteiger partial charge in [0.2, 0.25) is 0 Å². The Balaban J connectivity index is 1.76. The molecule has 142 valence electrons. The quantitative estimate of drug-likeness (QED) is 0.793. The van der Waals surface area contributed by atoms with Crippen LogP contribution in [0.1, 0.15) is 32.9 Å². The molecule has 2 aromatic rings. The van der Waals surface area contributed by atoms with Crippen LogP contribution in [0.5, 0.6) is 0 Å². The van der Waals surface area contributed by atoms with Crippen molar-refractivity contribution < 1.29 is 24.2 Å². The lowest BCUT2D eigenvalue weighted by Gasteiger charge is -2.23. The van der Waals surface area contributed by atoms with E-state index in [1.165, 1.54) is 11.3 Å². The van der Waals surface area contributed by atoms with Gasteiger partial charge in [-0.3, -0.25) is 14.4 Å². The highest BCUT2D eigenvalue weighted by Crippen LogP contribution is 2.25. The molecule has 0 spiro atoms. The molecule has 1 saturated heterocycles. The van der Waals surface area contributed by atoms with E-state index in [9.17, 15) is 14.4 Å². The molecule has 2 amide bonds. The molecule has 27 heavy (non-hydrogen) atoms. The minimum Gasteiger partial charge on any atom is -0.481 e. The van der Waals surface area contributed by atoms with Crippen molar-refractivity contribution in [3.05, 3.63) is 52.2 Å². The van der Waals surface area contributed by atoms with Crippen molar-refractivity contribution in [3.8, 4) is 0 Å². The number of rotatable bonds is 6. The van der Waals surface area contributed by atoms with Crippen LogP contribution >= 0.6 is 11.3 Å². The predicted octanol–water partition coefficient (Wildman–Crippen LogP) is 2.70. The Bertz CT molecular complexity index is 836. The highest BCUT2D eigenvalue weighted by Gasteiger charge is 2.36. The second-order valence-corrected chi connectivity index (χ2v) is 7.26. The average Bonchev–Trinajstić information content (AvgIpc) is 3.30. The highest BCUT2D eigenvalue weighted by molar-refractivity contribution is 7.12. The molecule has 0 aliphatic carbocycles. The summed E-state index contributed by atoms with van der Waals surface area (Å²) in [5, 5.41) is 13.7. The van der Waals surface area contributed by atoms with Gasteiger partial charge in [-0.2, -0.15) is 0 Å². The van der Waals surface area contributed by atoms with E-state index in [4.69, 9.17) is 9.84 Å². The van der Waals surface area contributed by atoms with E-state index < -0.39 is 12.0 Å². The molecule has 3 rings (SSSR count). The average molecular weight is 388 g/mol. The summed E-state index contributed by atoms with van der Waals surface area (Å²) < 4.78 is 5.31. The van der Waals surface area contributed by atoms with Gasteiger partial charge in [-0.25, -0.2) is 0 Å². The normalized spacial score (nSPS) is 19.1. The smallest absolute Gasteiger partial charge is 0.305 e. The summed E-state index contributed by atoms with van der Waals surface area (Å²) in [6.07, 6.45) is 0.184. The SMILES string of the molecule is COC1CC(CC(=O)O)N(C(=O)c2cccc(NC(=O)c3cccs3)c2)C1. The molecule has 2 unspecified atom stereocenters. The minimum absolute atomic E-state index is 0.125. The molecule has 0 radical (unpaired) electrons. The first-order chi connectivity index (χ1) is 13.0. The molecule has 1 aliphatic rings. The molecule has 1 aromatic heterocycles. The molecule has 2 heterocycles. The third-order valence-corrected chi connectivity index (χ3v) is 5.36. The summed E-state index contributed by atoms with van der Waals surface area (Å²) in [7, 11) is 1.55. The van der Waals surface area contributed by atoms with Gasteiger partial charge in [-0.1, -0.05) is 12.1 Å². The fraction of sp³-hybridized carbons (Fsp3) is 0.316. The van der Waals surface area contributed by atoms with E-state index in [2.05, 4.69) is 5.32 Å². The number of likely N-dealkylation sites (tertiary alicyclic amines) is 1. The maximum Gasteiger partial charge on any atom is 0.305 e. The lowest BCUT2D eigenvalue weighted by atomic mass is 10.1. The van der Waals surface area contributed by atoms with Crippen molar-refractivity contribution in [1.82, 2.24) is 4.90 Å². The number of amides is 2. The third kappa shape index (κ3) is 4.53. The van der Waals surface area contributed by atoms with Crippen molar-refractivity contribution >= 4 is 34.8 Å². The molecule has 2 N–H and O–H groups in total. The number of nitrogens with zero attached hydrogens (tertiary/aromatic N) is 1. The minimum atomic E-state index is -0.952. The Hall–Kier alpha value is -2.71. The molecule has 1 fully saturated rings. The molecule has 1 aromatic carbocycles. The second-order valence-electron chi connectivity index (χ2n) is 6.31. The van der Waals surface area contributed by atoms with Crippen molar-refractivity contribution in [2.75, 3.05) is 19.0 Å². The molecule has 0 saturated carbocycles. The zero-order valence-electron chi connectivity index (χ0n) is 14.8. The Morgan fingerprint density at radius 1 is 1.30 bits per heavy atom. The summed E-state index contributed by atoms with van der Waals surface area (Å²) in [5.41, 5.74) is 0.905. The van der Waals surface area contributed by atoms with Gasteiger partial charge in [0, 0.05) is 30.9 Å². The van der Waals surface area contributed by atoms with Crippen LogP contribution in [0.4, 0.5) is 5.69 Å². The molecular formula is C19H20N2O5S. The summed E-state index contributed by atoms with van der Waals surface area (Å²) in [6.45, 7) is 0.346. The molecule has 7 nitrogen and oxygen atoms in total. The van der Waals surface area contributed by atoms with E-state index in [0.717, 1.165) is 0 Å². The number of carbonyl (C=O) groups is 3. The third-order valence-electron chi connectivity index (χ3n) is 4.49. The monoisotopic (exact) mass is 388 g/mol. The number of ether oxygens (including phenoxy) is 1. The number of thiophene rings is 1. The van der Waals surface area contributed by atoms with Gasteiger partial charge in [0.05, 0.1) is 17.4 Å². The lowest BCUT2D eigenvalue weighted by molar-refractivity contribution is -0.138.